The van der Waals surface area contributed by atoms with Crippen LogP contribution in [-0.2, 0) is 0 Å². The summed E-state index contributed by atoms with van der Waals surface area (Å²) in [5.74, 6) is 1.63. The lowest BCUT2D eigenvalue weighted by Gasteiger charge is -2.17. The van der Waals surface area contributed by atoms with E-state index in [2.05, 4.69) is 115 Å². The van der Waals surface area contributed by atoms with Gasteiger partial charge in [-0.2, -0.15) is 0 Å². The molecular formula is C54H33FN4. The van der Waals surface area contributed by atoms with Crippen LogP contribution in [0.15, 0.2) is 200 Å². The first-order chi connectivity index (χ1) is 29.1. The Morgan fingerprint density at radius 3 is 1.20 bits per heavy atom. The summed E-state index contributed by atoms with van der Waals surface area (Å²) in [4.78, 5) is 20.2. The average Bonchev–Trinajstić information content (AvgIpc) is 3.32. The lowest BCUT2D eigenvalue weighted by Crippen LogP contribution is -2.00. The van der Waals surface area contributed by atoms with Crippen molar-refractivity contribution in [1.82, 2.24) is 19.9 Å². The summed E-state index contributed by atoms with van der Waals surface area (Å²) in [6, 6.07) is 67.5. The molecule has 0 unspecified atom stereocenters. The largest absolute Gasteiger partial charge is 0.247 e. The van der Waals surface area contributed by atoms with Gasteiger partial charge in [-0.05, 0) is 62.0 Å². The van der Waals surface area contributed by atoms with Crippen LogP contribution in [0, 0.1) is 5.82 Å². The summed E-state index contributed by atoms with van der Waals surface area (Å²) in [5, 5.41) is 8.17. The number of hydrogen-bond acceptors (Lipinski definition) is 4. The van der Waals surface area contributed by atoms with E-state index in [9.17, 15) is 4.39 Å². The molecule has 0 aliphatic rings. The van der Waals surface area contributed by atoms with Gasteiger partial charge in [-0.15, -0.1) is 0 Å². The number of benzene rings is 9. The van der Waals surface area contributed by atoms with Crippen LogP contribution in [0.3, 0.4) is 0 Å². The zero-order valence-corrected chi connectivity index (χ0v) is 31.7. The van der Waals surface area contributed by atoms with Crippen LogP contribution in [0.4, 0.5) is 4.39 Å². The Bertz CT molecular complexity index is 3290. The fraction of sp³-hybridized carbons (Fsp3) is 0. The highest BCUT2D eigenvalue weighted by Crippen LogP contribution is 2.43. The summed E-state index contributed by atoms with van der Waals surface area (Å²) in [5.41, 5.74) is 9.72. The van der Waals surface area contributed by atoms with Crippen molar-refractivity contribution in [2.75, 3.05) is 0 Å². The highest BCUT2D eigenvalue weighted by atomic mass is 19.1. The maximum atomic E-state index is 13.7. The van der Waals surface area contributed by atoms with Crippen LogP contribution in [0.2, 0.25) is 0 Å². The first-order valence-corrected chi connectivity index (χ1v) is 19.7. The minimum absolute atomic E-state index is 0.246. The average molecular weight is 757 g/mol. The molecule has 0 aliphatic carbocycles. The Morgan fingerprint density at radius 2 is 0.661 bits per heavy atom. The van der Waals surface area contributed by atoms with Crippen molar-refractivity contribution in [3.63, 3.8) is 0 Å². The third-order valence-corrected chi connectivity index (χ3v) is 11.2. The number of halogens is 1. The quantitative estimate of drug-likeness (QED) is 0.159. The monoisotopic (exact) mass is 756 g/mol. The number of aromatic nitrogens is 4. The number of hydrogen-bond donors (Lipinski definition) is 0. The van der Waals surface area contributed by atoms with Gasteiger partial charge in [0.2, 0.25) is 0 Å². The van der Waals surface area contributed by atoms with E-state index < -0.39 is 0 Å². The molecule has 0 N–H and O–H groups in total. The fourth-order valence-electron chi connectivity index (χ4n) is 8.28. The normalized spacial score (nSPS) is 11.5. The predicted molar refractivity (Wildman–Crippen MR) is 240 cm³/mol. The van der Waals surface area contributed by atoms with Gasteiger partial charge in [0.1, 0.15) is 5.82 Å². The van der Waals surface area contributed by atoms with E-state index in [-0.39, 0.29) is 5.82 Å². The summed E-state index contributed by atoms with van der Waals surface area (Å²) in [6.45, 7) is 0. The maximum Gasteiger partial charge on any atom is 0.164 e. The molecule has 4 nitrogen and oxygen atoms in total. The van der Waals surface area contributed by atoms with E-state index in [0.29, 0.717) is 17.5 Å². The van der Waals surface area contributed by atoms with Gasteiger partial charge < -0.3 is 0 Å². The van der Waals surface area contributed by atoms with Crippen LogP contribution >= 0.6 is 0 Å². The standard InChI is InChI=1S/C54H33FN4/c55-42-30-27-35(28-31-42)34-19-23-37(24-20-34)51-50-46-18-10-8-16-44(46)43-15-7-9-17-45(43)49(50)47-32-29-41(33-48(47)56-51)36-21-25-40(26-22-36)54-58-52(38-11-3-1-4-12-38)57-53(59-54)39-13-5-2-6-14-39/h1-33H. The second-order valence-electron chi connectivity index (χ2n) is 14.7. The molecule has 11 rings (SSSR count). The number of nitrogens with zero attached hydrogens (tertiary/aromatic N) is 4. The Labute approximate surface area is 340 Å². The molecule has 9 aromatic carbocycles. The van der Waals surface area contributed by atoms with E-state index in [0.717, 1.165) is 71.9 Å². The van der Waals surface area contributed by atoms with E-state index in [1.54, 1.807) is 0 Å². The molecule has 0 fully saturated rings. The molecule has 0 saturated heterocycles. The predicted octanol–water partition coefficient (Wildman–Crippen LogP) is 14.0. The molecule has 276 valence electrons. The molecule has 5 heteroatoms. The molecule has 0 bridgehead atoms. The van der Waals surface area contributed by atoms with Crippen LogP contribution in [0.5, 0.6) is 0 Å². The minimum atomic E-state index is -0.246. The van der Waals surface area contributed by atoms with Gasteiger partial charge in [0.05, 0.1) is 11.2 Å². The van der Waals surface area contributed by atoms with Gasteiger partial charge in [-0.3, -0.25) is 0 Å². The van der Waals surface area contributed by atoms with E-state index >= 15 is 0 Å². The fourth-order valence-corrected chi connectivity index (χ4v) is 8.28. The topological polar surface area (TPSA) is 51.6 Å². The molecule has 59 heavy (non-hydrogen) atoms. The van der Waals surface area contributed by atoms with Crippen molar-refractivity contribution < 1.29 is 4.39 Å². The van der Waals surface area contributed by atoms with E-state index in [1.807, 2.05) is 72.8 Å². The lowest BCUT2D eigenvalue weighted by molar-refractivity contribution is 0.628. The highest BCUT2D eigenvalue weighted by molar-refractivity contribution is 6.33. The Kier molecular flexibility index (Phi) is 8.30. The zero-order chi connectivity index (χ0) is 39.3. The van der Waals surface area contributed by atoms with Crippen molar-refractivity contribution >= 4 is 43.2 Å². The second-order valence-corrected chi connectivity index (χ2v) is 14.7. The van der Waals surface area contributed by atoms with Crippen LogP contribution in [0.1, 0.15) is 0 Å². The number of rotatable bonds is 6. The summed E-state index contributed by atoms with van der Waals surface area (Å²) >= 11 is 0. The third-order valence-electron chi connectivity index (χ3n) is 11.2. The smallest absolute Gasteiger partial charge is 0.164 e. The molecule has 0 atom stereocenters. The molecular weight excluding hydrogens is 724 g/mol. The van der Waals surface area contributed by atoms with Crippen molar-refractivity contribution in [2.24, 2.45) is 0 Å². The van der Waals surface area contributed by atoms with Gasteiger partial charge >= 0.3 is 0 Å². The van der Waals surface area contributed by atoms with Gasteiger partial charge in [0.25, 0.3) is 0 Å². The first-order valence-electron chi connectivity index (χ1n) is 19.7. The summed E-state index contributed by atoms with van der Waals surface area (Å²) in [7, 11) is 0. The van der Waals surface area contributed by atoms with Crippen LogP contribution in [-0.4, -0.2) is 19.9 Å². The number of pyridine rings is 1. The van der Waals surface area contributed by atoms with E-state index in [1.165, 1.54) is 33.7 Å². The molecule has 0 spiro atoms. The second kappa shape index (κ2) is 14.2. The molecule has 0 radical (unpaired) electrons. The van der Waals surface area contributed by atoms with Gasteiger partial charge in [-0.1, -0.05) is 182 Å². The van der Waals surface area contributed by atoms with Crippen LogP contribution < -0.4 is 0 Å². The van der Waals surface area contributed by atoms with Crippen molar-refractivity contribution in [1.29, 1.82) is 0 Å². The SMILES string of the molecule is Fc1ccc(-c2ccc(-c3nc4cc(-c5ccc(-c6nc(-c7ccccc7)nc(-c7ccccc7)n6)cc5)ccc4c4c5ccccc5c5ccccc5c34)cc2)cc1. The van der Waals surface area contributed by atoms with Crippen LogP contribution in [0.25, 0.3) is 111 Å². The summed E-state index contributed by atoms with van der Waals surface area (Å²) < 4.78 is 13.7. The van der Waals surface area contributed by atoms with E-state index in [4.69, 9.17) is 19.9 Å². The Hall–Kier alpha value is -7.89. The first kappa shape index (κ1) is 34.4. The Balaban J connectivity index is 1.06. The lowest BCUT2D eigenvalue weighted by atomic mass is 9.89. The number of fused-ring (bicyclic) bond motifs is 8. The van der Waals surface area contributed by atoms with Crippen molar-refractivity contribution in [3.8, 4) is 67.7 Å². The van der Waals surface area contributed by atoms with Gasteiger partial charge in [-0.25, -0.2) is 24.3 Å². The minimum Gasteiger partial charge on any atom is -0.247 e. The molecule has 0 aliphatic heterocycles. The molecule has 2 heterocycles. The maximum absolute atomic E-state index is 13.7. The van der Waals surface area contributed by atoms with Gasteiger partial charge in [0, 0.05) is 38.4 Å². The third kappa shape index (κ3) is 6.17. The molecule has 0 amide bonds. The summed E-state index contributed by atoms with van der Waals surface area (Å²) in [6.07, 6.45) is 0. The van der Waals surface area contributed by atoms with Gasteiger partial charge in [0.15, 0.2) is 17.5 Å². The zero-order valence-electron chi connectivity index (χ0n) is 31.7. The Morgan fingerprint density at radius 1 is 0.271 bits per heavy atom. The molecule has 0 saturated carbocycles. The van der Waals surface area contributed by atoms with Crippen molar-refractivity contribution in [3.05, 3.63) is 206 Å². The molecule has 11 aromatic rings. The highest BCUT2D eigenvalue weighted by Gasteiger charge is 2.19. The van der Waals surface area contributed by atoms with Crippen molar-refractivity contribution in [2.45, 2.75) is 0 Å². The molecule has 2 aromatic heterocycles.